The number of nitrogens with one attached hydrogen (secondary N) is 1. The van der Waals surface area contributed by atoms with Gasteiger partial charge in [0, 0.05) is 23.9 Å². The summed E-state index contributed by atoms with van der Waals surface area (Å²) in [6.45, 7) is 3.67. The smallest absolute Gasteiger partial charge is 0.259 e. The fourth-order valence-corrected chi connectivity index (χ4v) is 3.65. The molecule has 0 bridgehead atoms. The predicted molar refractivity (Wildman–Crippen MR) is 110 cm³/mol. The number of para-hydroxylation sites is 1. The molecule has 1 aromatic heterocycles. The van der Waals surface area contributed by atoms with Gasteiger partial charge in [-0.1, -0.05) is 19.1 Å². The first-order valence-electron chi connectivity index (χ1n) is 8.81. The van der Waals surface area contributed by atoms with Crippen LogP contribution in [0.2, 0.25) is 0 Å². The third-order valence-corrected chi connectivity index (χ3v) is 5.21. The summed E-state index contributed by atoms with van der Waals surface area (Å²) in [5.41, 5.74) is 2.41. The van der Waals surface area contributed by atoms with Crippen LogP contribution in [-0.4, -0.2) is 23.8 Å². The van der Waals surface area contributed by atoms with Crippen LogP contribution in [0, 0.1) is 12.7 Å². The maximum atomic E-state index is 13.2. The van der Waals surface area contributed by atoms with E-state index in [2.05, 4.69) is 10.3 Å². The van der Waals surface area contributed by atoms with Gasteiger partial charge in [-0.3, -0.25) is 14.9 Å². The first-order valence-corrected chi connectivity index (χ1v) is 9.62. The molecule has 1 N–H and O–H groups in total. The van der Waals surface area contributed by atoms with Crippen molar-refractivity contribution in [2.75, 3.05) is 17.3 Å². The molecular formula is C21H20FN3O2S. The van der Waals surface area contributed by atoms with Crippen molar-refractivity contribution in [2.24, 2.45) is 0 Å². The van der Waals surface area contributed by atoms with Crippen molar-refractivity contribution in [2.45, 2.75) is 20.3 Å². The molecule has 144 valence electrons. The summed E-state index contributed by atoms with van der Waals surface area (Å²) in [4.78, 5) is 31.7. The van der Waals surface area contributed by atoms with E-state index in [4.69, 9.17) is 0 Å². The molecule has 2 aromatic carbocycles. The van der Waals surface area contributed by atoms with Crippen molar-refractivity contribution in [1.82, 2.24) is 4.98 Å². The van der Waals surface area contributed by atoms with Gasteiger partial charge < -0.3 is 4.90 Å². The molecule has 2 amide bonds. The normalized spacial score (nSPS) is 10.6. The molecule has 0 aliphatic carbocycles. The number of benzene rings is 2. The summed E-state index contributed by atoms with van der Waals surface area (Å²) in [6.07, 6.45) is 0.346. The van der Waals surface area contributed by atoms with Crippen LogP contribution in [0.4, 0.5) is 15.2 Å². The van der Waals surface area contributed by atoms with Crippen LogP contribution in [0.3, 0.4) is 0 Å². The maximum Gasteiger partial charge on any atom is 0.259 e. The monoisotopic (exact) mass is 397 g/mol. The number of nitrogens with zero attached hydrogens (tertiary/aromatic N) is 2. The number of hydrogen-bond donors (Lipinski definition) is 1. The Morgan fingerprint density at radius 1 is 1.14 bits per heavy atom. The van der Waals surface area contributed by atoms with E-state index >= 15 is 0 Å². The number of anilines is 2. The van der Waals surface area contributed by atoms with Gasteiger partial charge in [-0.25, -0.2) is 9.37 Å². The summed E-state index contributed by atoms with van der Waals surface area (Å²) in [7, 11) is 1.65. The topological polar surface area (TPSA) is 62.3 Å². The van der Waals surface area contributed by atoms with Crippen LogP contribution in [-0.2, 0) is 4.79 Å². The van der Waals surface area contributed by atoms with E-state index in [0.29, 0.717) is 28.5 Å². The predicted octanol–water partition coefficient (Wildman–Crippen LogP) is 4.88. The number of carbonyl (C=O) groups excluding carboxylic acids is 2. The number of halogens is 1. The Kier molecular flexibility index (Phi) is 5.84. The molecule has 0 aliphatic rings. The van der Waals surface area contributed by atoms with E-state index in [0.717, 1.165) is 10.4 Å². The number of carbonyl (C=O) groups is 2. The highest BCUT2D eigenvalue weighted by Crippen LogP contribution is 2.31. The lowest BCUT2D eigenvalue weighted by Gasteiger charge is -2.19. The first kappa shape index (κ1) is 19.7. The van der Waals surface area contributed by atoms with Crippen molar-refractivity contribution in [3.05, 3.63) is 64.8 Å². The van der Waals surface area contributed by atoms with Crippen molar-refractivity contribution >= 4 is 34.0 Å². The quantitative estimate of drug-likeness (QED) is 0.667. The highest BCUT2D eigenvalue weighted by molar-refractivity contribution is 7.16. The van der Waals surface area contributed by atoms with E-state index in [9.17, 15) is 14.0 Å². The minimum absolute atomic E-state index is 0.0797. The summed E-state index contributed by atoms with van der Waals surface area (Å²) < 4.78 is 13.2. The van der Waals surface area contributed by atoms with Gasteiger partial charge in [0.2, 0.25) is 5.91 Å². The second-order valence-corrected chi connectivity index (χ2v) is 7.41. The molecule has 3 rings (SSSR count). The van der Waals surface area contributed by atoms with Crippen LogP contribution in [0.25, 0.3) is 11.3 Å². The first-order chi connectivity index (χ1) is 13.4. The Hall–Kier alpha value is -3.06. The molecule has 3 aromatic rings. The summed E-state index contributed by atoms with van der Waals surface area (Å²) in [5.74, 6) is -0.734. The molecule has 0 aliphatic heterocycles. The average Bonchev–Trinajstić information content (AvgIpc) is 3.07. The zero-order valence-electron chi connectivity index (χ0n) is 15.8. The van der Waals surface area contributed by atoms with Crippen molar-refractivity contribution in [3.63, 3.8) is 0 Å². The van der Waals surface area contributed by atoms with E-state index in [1.165, 1.54) is 28.4 Å². The van der Waals surface area contributed by atoms with E-state index in [1.54, 1.807) is 50.4 Å². The largest absolute Gasteiger partial charge is 0.315 e. The number of aromatic nitrogens is 1. The Morgan fingerprint density at radius 2 is 1.82 bits per heavy atom. The Morgan fingerprint density at radius 3 is 2.50 bits per heavy atom. The number of amides is 2. The van der Waals surface area contributed by atoms with Crippen LogP contribution in [0.15, 0.2) is 48.5 Å². The van der Waals surface area contributed by atoms with E-state index in [-0.39, 0.29) is 17.6 Å². The lowest BCUT2D eigenvalue weighted by molar-refractivity contribution is -0.118. The van der Waals surface area contributed by atoms with Gasteiger partial charge in [0.1, 0.15) is 5.82 Å². The molecular weight excluding hydrogens is 377 g/mol. The van der Waals surface area contributed by atoms with E-state index < -0.39 is 0 Å². The van der Waals surface area contributed by atoms with Gasteiger partial charge in [-0.05, 0) is 43.3 Å². The van der Waals surface area contributed by atoms with Gasteiger partial charge in [-0.15, -0.1) is 11.3 Å². The molecule has 0 saturated heterocycles. The molecule has 0 atom stereocenters. The van der Waals surface area contributed by atoms with Gasteiger partial charge in [0.25, 0.3) is 5.91 Å². The average molecular weight is 397 g/mol. The Bertz CT molecular complexity index is 1010. The molecule has 0 unspecified atom stereocenters. The van der Waals surface area contributed by atoms with E-state index in [1.807, 2.05) is 6.92 Å². The standard InChI is InChI=1S/C21H20FN3O2S/c1-4-18(26)25(3)17-8-6-5-7-16(17)20(27)24-21-23-19(13(2)28-21)14-9-11-15(22)12-10-14/h5-12H,4H2,1-3H3,(H,23,24,27). The molecule has 0 fully saturated rings. The molecule has 0 saturated carbocycles. The minimum Gasteiger partial charge on any atom is -0.315 e. The Balaban J connectivity index is 1.86. The van der Waals surface area contributed by atoms with Gasteiger partial charge in [0.05, 0.1) is 16.9 Å². The number of aryl methyl sites for hydroxylation is 1. The summed E-state index contributed by atoms with van der Waals surface area (Å²) in [5, 5.41) is 3.25. The zero-order chi connectivity index (χ0) is 20.3. The fraction of sp³-hybridized carbons (Fsp3) is 0.190. The molecule has 5 nitrogen and oxygen atoms in total. The molecule has 0 spiro atoms. The second-order valence-electron chi connectivity index (χ2n) is 6.21. The number of hydrogen-bond acceptors (Lipinski definition) is 4. The van der Waals surface area contributed by atoms with Crippen LogP contribution in [0.5, 0.6) is 0 Å². The van der Waals surface area contributed by atoms with Gasteiger partial charge in [0.15, 0.2) is 5.13 Å². The summed E-state index contributed by atoms with van der Waals surface area (Å²) in [6, 6.07) is 13.0. The molecule has 0 radical (unpaired) electrons. The van der Waals surface area contributed by atoms with Crippen LogP contribution < -0.4 is 10.2 Å². The van der Waals surface area contributed by atoms with Crippen molar-refractivity contribution in [3.8, 4) is 11.3 Å². The lowest BCUT2D eigenvalue weighted by Crippen LogP contribution is -2.27. The fourth-order valence-electron chi connectivity index (χ4n) is 2.82. The number of thiazole rings is 1. The van der Waals surface area contributed by atoms with Crippen molar-refractivity contribution < 1.29 is 14.0 Å². The minimum atomic E-state index is -0.342. The molecule has 1 heterocycles. The van der Waals surface area contributed by atoms with Gasteiger partial charge in [-0.2, -0.15) is 0 Å². The lowest BCUT2D eigenvalue weighted by atomic mass is 10.1. The Labute approximate surface area is 166 Å². The maximum absolute atomic E-state index is 13.2. The second kappa shape index (κ2) is 8.31. The third kappa shape index (κ3) is 4.09. The molecule has 28 heavy (non-hydrogen) atoms. The van der Waals surface area contributed by atoms with Crippen molar-refractivity contribution in [1.29, 1.82) is 0 Å². The van der Waals surface area contributed by atoms with Gasteiger partial charge >= 0.3 is 0 Å². The number of rotatable bonds is 5. The van der Waals surface area contributed by atoms with Crippen LogP contribution >= 0.6 is 11.3 Å². The zero-order valence-corrected chi connectivity index (χ0v) is 16.6. The highest BCUT2D eigenvalue weighted by Gasteiger charge is 2.19. The summed E-state index contributed by atoms with van der Waals surface area (Å²) >= 11 is 1.34. The molecule has 7 heteroatoms. The SMILES string of the molecule is CCC(=O)N(C)c1ccccc1C(=O)Nc1nc(-c2ccc(F)cc2)c(C)s1. The highest BCUT2D eigenvalue weighted by atomic mass is 32.1. The van der Waals surface area contributed by atoms with Crippen LogP contribution in [0.1, 0.15) is 28.6 Å². The third-order valence-electron chi connectivity index (χ3n) is 4.32.